The van der Waals surface area contributed by atoms with Gasteiger partial charge in [-0.2, -0.15) is 0 Å². The molecule has 0 radical (unpaired) electrons. The number of allylic oxidation sites excluding steroid dienone is 3. The van der Waals surface area contributed by atoms with E-state index in [1.165, 1.54) is 167 Å². The second-order valence-electron chi connectivity index (χ2n) is 18.5. The lowest BCUT2D eigenvalue weighted by Gasteiger charge is -2.35. The van der Waals surface area contributed by atoms with Crippen molar-refractivity contribution in [3.63, 3.8) is 0 Å². The van der Waals surface area contributed by atoms with Gasteiger partial charge in [-0.3, -0.25) is 0 Å². The summed E-state index contributed by atoms with van der Waals surface area (Å²) in [5.41, 5.74) is 15.7. The molecule has 5 aromatic rings. The average Bonchev–Trinajstić information content (AvgIpc) is 3.72. The molecule has 5 aromatic carbocycles. The van der Waals surface area contributed by atoms with E-state index in [2.05, 4.69) is 149 Å². The van der Waals surface area contributed by atoms with Crippen LogP contribution in [0, 0.1) is 0 Å². The summed E-state index contributed by atoms with van der Waals surface area (Å²) in [6.07, 6.45) is 31.4. The predicted octanol–water partition coefficient (Wildman–Crippen LogP) is 18.6. The molecular weight excluding hydrogens is 735 g/mol. The molecule has 1 nitrogen and oxygen atoms in total. The van der Waals surface area contributed by atoms with Crippen LogP contribution in [-0.2, 0) is 10.8 Å². The van der Waals surface area contributed by atoms with Gasteiger partial charge in [-0.15, -0.1) is 0 Å². The molecule has 61 heavy (non-hydrogen) atoms. The second kappa shape index (κ2) is 21.0. The highest BCUT2D eigenvalue weighted by atomic mass is 15.1. The molecule has 0 bridgehead atoms. The summed E-state index contributed by atoms with van der Waals surface area (Å²) < 4.78 is 0. The van der Waals surface area contributed by atoms with Crippen LogP contribution in [0.25, 0.3) is 33.0 Å². The topological polar surface area (TPSA) is 3.24 Å². The molecule has 0 aliphatic heterocycles. The second-order valence-corrected chi connectivity index (χ2v) is 18.5. The Bertz CT molecular complexity index is 2240. The smallest absolute Gasteiger partial charge is 0.0543 e. The Balaban J connectivity index is 1.55. The van der Waals surface area contributed by atoms with Gasteiger partial charge in [0.1, 0.15) is 0 Å². The van der Waals surface area contributed by atoms with Crippen LogP contribution in [0.1, 0.15) is 178 Å². The molecule has 320 valence electrons. The average molecular weight is 810 g/mol. The molecule has 0 saturated heterocycles. The Morgan fingerprint density at radius 2 is 0.967 bits per heavy atom. The SMILES string of the molecule is C=C/C=C(\C=C)N(c1ccccc1)c1cc2c(c3ccccc13)-c1cc3c(cc1C2(CCCCCC)CCCCCC)-c1ccccc1C3(CCCCCC)CCCCCC. The van der Waals surface area contributed by atoms with Crippen LogP contribution in [0.5, 0.6) is 0 Å². The fourth-order valence-electron chi connectivity index (χ4n) is 11.6. The summed E-state index contributed by atoms with van der Waals surface area (Å²) in [7, 11) is 0. The van der Waals surface area contributed by atoms with Gasteiger partial charge >= 0.3 is 0 Å². The molecule has 0 amide bonds. The van der Waals surface area contributed by atoms with Crippen molar-refractivity contribution in [2.24, 2.45) is 0 Å². The van der Waals surface area contributed by atoms with Crippen molar-refractivity contribution in [2.45, 2.75) is 167 Å². The zero-order valence-corrected chi connectivity index (χ0v) is 38.5. The van der Waals surface area contributed by atoms with Gasteiger partial charge in [-0.25, -0.2) is 0 Å². The van der Waals surface area contributed by atoms with E-state index in [-0.39, 0.29) is 10.8 Å². The standard InChI is InChI=1S/C60H75N/c1-7-13-17-28-39-59(40-29-18-14-8-2)53-38-27-26-35-48(53)51-43-55-52(44-54(51)59)58-50-37-25-24-36-49(50)57(61(46(12-6)32-11-5)47-33-22-21-23-34-47)45-56(58)60(55,41-30-19-15-9-3)42-31-20-16-10-4/h11-12,21-27,32-38,43-45H,5-10,13-20,28-31,39-42H2,1-4H3/b46-32+. The third-order valence-corrected chi connectivity index (χ3v) is 14.6. The van der Waals surface area contributed by atoms with Crippen LogP contribution < -0.4 is 4.90 Å². The summed E-state index contributed by atoms with van der Waals surface area (Å²) in [6, 6.07) is 38.1. The van der Waals surface area contributed by atoms with Crippen molar-refractivity contribution in [3.8, 4) is 22.3 Å². The molecule has 1 heteroatoms. The van der Waals surface area contributed by atoms with Crippen LogP contribution in [0.15, 0.2) is 134 Å². The van der Waals surface area contributed by atoms with Crippen molar-refractivity contribution in [3.05, 3.63) is 156 Å². The van der Waals surface area contributed by atoms with Gasteiger partial charge in [-0.1, -0.05) is 216 Å². The Morgan fingerprint density at radius 1 is 0.475 bits per heavy atom. The van der Waals surface area contributed by atoms with Gasteiger partial charge < -0.3 is 4.90 Å². The van der Waals surface area contributed by atoms with Gasteiger partial charge in [-0.05, 0) is 118 Å². The van der Waals surface area contributed by atoms with Crippen molar-refractivity contribution in [1.82, 2.24) is 0 Å². The molecule has 2 aliphatic rings. The van der Waals surface area contributed by atoms with E-state index in [1.54, 1.807) is 22.3 Å². The maximum Gasteiger partial charge on any atom is 0.0543 e. The van der Waals surface area contributed by atoms with E-state index >= 15 is 0 Å². The maximum atomic E-state index is 4.35. The highest BCUT2D eigenvalue weighted by Gasteiger charge is 2.48. The monoisotopic (exact) mass is 810 g/mol. The summed E-state index contributed by atoms with van der Waals surface area (Å²) in [4.78, 5) is 2.44. The fraction of sp³-hybridized carbons (Fsp3) is 0.433. The first kappa shape index (κ1) is 44.4. The summed E-state index contributed by atoms with van der Waals surface area (Å²) in [5, 5.41) is 2.66. The zero-order chi connectivity index (χ0) is 42.7. The molecule has 0 aromatic heterocycles. The molecular formula is C60H75N. The van der Waals surface area contributed by atoms with Crippen LogP contribution in [-0.4, -0.2) is 0 Å². The van der Waals surface area contributed by atoms with Gasteiger partial charge in [0.25, 0.3) is 0 Å². The predicted molar refractivity (Wildman–Crippen MR) is 268 cm³/mol. The fourth-order valence-corrected chi connectivity index (χ4v) is 11.6. The van der Waals surface area contributed by atoms with Gasteiger partial charge in [0.05, 0.1) is 5.69 Å². The number of rotatable bonds is 25. The number of anilines is 2. The minimum atomic E-state index is -0.0821. The van der Waals surface area contributed by atoms with Crippen molar-refractivity contribution >= 4 is 22.1 Å². The highest BCUT2D eigenvalue weighted by molar-refractivity contribution is 6.10. The molecule has 0 unspecified atom stereocenters. The lowest BCUT2D eigenvalue weighted by Crippen LogP contribution is -2.27. The number of hydrogen-bond acceptors (Lipinski definition) is 1. The Kier molecular flexibility index (Phi) is 15.3. The van der Waals surface area contributed by atoms with Crippen molar-refractivity contribution in [1.29, 1.82) is 0 Å². The first-order chi connectivity index (χ1) is 30.0. The summed E-state index contributed by atoms with van der Waals surface area (Å²) >= 11 is 0. The van der Waals surface area contributed by atoms with Crippen LogP contribution in [0.4, 0.5) is 11.4 Å². The van der Waals surface area contributed by atoms with Gasteiger partial charge in [0.2, 0.25) is 0 Å². The van der Waals surface area contributed by atoms with E-state index in [1.807, 2.05) is 12.2 Å². The molecule has 0 fully saturated rings. The number of fused-ring (bicyclic) bond motifs is 8. The molecule has 0 N–H and O–H groups in total. The third kappa shape index (κ3) is 8.74. The first-order valence-electron chi connectivity index (χ1n) is 24.7. The lowest BCUT2D eigenvalue weighted by atomic mass is 9.68. The minimum Gasteiger partial charge on any atom is -0.310 e. The highest BCUT2D eigenvalue weighted by Crippen LogP contribution is 2.63. The summed E-state index contributed by atoms with van der Waals surface area (Å²) in [5.74, 6) is 0. The van der Waals surface area contributed by atoms with E-state index in [0.717, 1.165) is 11.4 Å². The Hall–Kier alpha value is -4.62. The number of benzene rings is 5. The normalized spacial score (nSPS) is 14.4. The van der Waals surface area contributed by atoms with Crippen molar-refractivity contribution < 1.29 is 0 Å². The van der Waals surface area contributed by atoms with E-state index in [4.69, 9.17) is 0 Å². The molecule has 0 spiro atoms. The Morgan fingerprint density at radius 3 is 1.52 bits per heavy atom. The van der Waals surface area contributed by atoms with Gasteiger partial charge in [0, 0.05) is 27.6 Å². The van der Waals surface area contributed by atoms with E-state index in [9.17, 15) is 0 Å². The van der Waals surface area contributed by atoms with E-state index in [0.29, 0.717) is 0 Å². The van der Waals surface area contributed by atoms with Crippen LogP contribution in [0.3, 0.4) is 0 Å². The zero-order valence-electron chi connectivity index (χ0n) is 38.5. The molecule has 2 aliphatic carbocycles. The first-order valence-corrected chi connectivity index (χ1v) is 24.7. The molecule has 0 atom stereocenters. The largest absolute Gasteiger partial charge is 0.310 e. The maximum absolute atomic E-state index is 4.35. The number of nitrogens with zero attached hydrogens (tertiary/aromatic N) is 1. The molecule has 0 heterocycles. The van der Waals surface area contributed by atoms with Crippen LogP contribution >= 0.6 is 0 Å². The lowest BCUT2D eigenvalue weighted by molar-refractivity contribution is 0.397. The third-order valence-electron chi connectivity index (χ3n) is 14.6. The minimum absolute atomic E-state index is 0.0459. The number of unbranched alkanes of at least 4 members (excludes halogenated alkanes) is 12. The molecule has 7 rings (SSSR count). The van der Waals surface area contributed by atoms with Crippen LogP contribution in [0.2, 0.25) is 0 Å². The molecule has 0 saturated carbocycles. The Labute approximate surface area is 371 Å². The van der Waals surface area contributed by atoms with Crippen molar-refractivity contribution in [2.75, 3.05) is 4.90 Å². The van der Waals surface area contributed by atoms with E-state index < -0.39 is 0 Å². The number of hydrogen-bond donors (Lipinski definition) is 0. The quantitative estimate of drug-likeness (QED) is 0.0419. The van der Waals surface area contributed by atoms with Gasteiger partial charge in [0.15, 0.2) is 0 Å². The summed E-state index contributed by atoms with van der Waals surface area (Å²) in [6.45, 7) is 17.9. The number of para-hydroxylation sites is 1.